The zero-order chi connectivity index (χ0) is 36.5. The van der Waals surface area contributed by atoms with E-state index in [1.54, 1.807) is 0 Å². The van der Waals surface area contributed by atoms with E-state index < -0.39 is 5.54 Å². The van der Waals surface area contributed by atoms with Gasteiger partial charge in [0.1, 0.15) is 5.54 Å². The van der Waals surface area contributed by atoms with Crippen LogP contribution >= 0.6 is 0 Å². The standard InChI is InChI=1S/C47H47N5O2/c53-45(33-17-5-1-6-18-33)50-41-28-16-14-26-38(41)46(54)51-32-30-39-43(49-40-27-15-13-25-37(40)44(39)51)42-29-31-48-52(42)47(34-19-7-2-8-20-34,35-21-9-3-10-22-35)36-23-11-4-12-24-36/h1-13,15,17-25,27,31,38-39,41-44,49H,14,16,26,28-30,32H2,(H,50,53)/t38-,39+,41+,42?,43+,44-/m0/s1. The number of nitrogens with zero attached hydrogens (tertiary/aromatic N) is 3. The largest absolute Gasteiger partial charge is 0.379 e. The minimum absolute atomic E-state index is 0.00545. The predicted molar refractivity (Wildman–Crippen MR) is 214 cm³/mol. The predicted octanol–water partition coefficient (Wildman–Crippen LogP) is 8.41. The van der Waals surface area contributed by atoms with Crippen LogP contribution in [0, 0.1) is 11.8 Å². The highest BCUT2D eigenvalue weighted by Crippen LogP contribution is 2.52. The van der Waals surface area contributed by atoms with Crippen molar-refractivity contribution in [2.24, 2.45) is 16.9 Å². The molecule has 1 aliphatic carbocycles. The van der Waals surface area contributed by atoms with Gasteiger partial charge in [-0.2, -0.15) is 5.10 Å². The number of para-hydroxylation sites is 1. The maximum Gasteiger partial charge on any atom is 0.251 e. The van der Waals surface area contributed by atoms with Gasteiger partial charge in [-0.3, -0.25) is 14.6 Å². The Hall–Kier alpha value is -5.69. The van der Waals surface area contributed by atoms with E-state index in [9.17, 15) is 9.59 Å². The van der Waals surface area contributed by atoms with E-state index in [-0.39, 0.29) is 47.8 Å². The van der Waals surface area contributed by atoms with Gasteiger partial charge < -0.3 is 15.5 Å². The molecule has 272 valence electrons. The molecule has 9 rings (SSSR count). The fourth-order valence-corrected chi connectivity index (χ4v) is 10.0. The summed E-state index contributed by atoms with van der Waals surface area (Å²) in [6.07, 6.45) is 7.35. The maximum atomic E-state index is 14.9. The average molecular weight is 714 g/mol. The Morgan fingerprint density at radius 1 is 0.685 bits per heavy atom. The second kappa shape index (κ2) is 14.6. The highest BCUT2D eigenvalue weighted by Gasteiger charge is 2.54. The highest BCUT2D eigenvalue weighted by atomic mass is 16.2. The number of hydrogen-bond acceptors (Lipinski definition) is 5. The van der Waals surface area contributed by atoms with Gasteiger partial charge in [-0.1, -0.05) is 140 Å². The number of nitrogens with one attached hydrogen (secondary N) is 2. The minimum atomic E-state index is -0.698. The molecule has 7 heteroatoms. The Bertz CT molecular complexity index is 2010. The van der Waals surface area contributed by atoms with E-state index in [2.05, 4.69) is 142 Å². The fraction of sp³-hybridized carbons (Fsp3) is 0.298. The lowest BCUT2D eigenvalue weighted by atomic mass is 9.73. The SMILES string of the molecule is O=C(N[C@@H]1CCCC[C@@H]1C(=O)N1CC[C@@H]2[C@H](C3CC=NN3C(c3ccccc3)(c3ccccc3)c3ccccc3)Nc3ccccc3[C@@H]21)c1ccccc1. The van der Waals surface area contributed by atoms with Crippen LogP contribution in [0.4, 0.5) is 5.69 Å². The lowest BCUT2D eigenvalue weighted by molar-refractivity contribution is -0.139. The molecule has 6 atom stereocenters. The number of fused-ring (bicyclic) bond motifs is 3. The minimum Gasteiger partial charge on any atom is -0.379 e. The number of likely N-dealkylation sites (tertiary alicyclic amines) is 1. The fourth-order valence-electron chi connectivity index (χ4n) is 10.0. The summed E-state index contributed by atoms with van der Waals surface area (Å²) in [5.41, 5.74) is 5.66. The van der Waals surface area contributed by atoms with Gasteiger partial charge in [-0.15, -0.1) is 0 Å². The molecule has 5 aromatic carbocycles. The van der Waals surface area contributed by atoms with Gasteiger partial charge in [-0.25, -0.2) is 0 Å². The first-order valence-corrected chi connectivity index (χ1v) is 19.6. The number of amides is 2. The van der Waals surface area contributed by atoms with Crippen molar-refractivity contribution < 1.29 is 9.59 Å². The quantitative estimate of drug-likeness (QED) is 0.158. The number of carbonyl (C=O) groups is 2. The lowest BCUT2D eigenvalue weighted by Gasteiger charge is -2.50. The Morgan fingerprint density at radius 3 is 1.91 bits per heavy atom. The molecular formula is C47H47N5O2. The Labute approximate surface area is 318 Å². The smallest absolute Gasteiger partial charge is 0.251 e. The molecular weight excluding hydrogens is 667 g/mol. The summed E-state index contributed by atoms with van der Waals surface area (Å²) in [4.78, 5) is 30.4. The summed E-state index contributed by atoms with van der Waals surface area (Å²) in [6.45, 7) is 0.686. The molecule has 0 aromatic heterocycles. The molecule has 1 saturated carbocycles. The van der Waals surface area contributed by atoms with E-state index in [1.165, 1.54) is 5.56 Å². The Kier molecular flexibility index (Phi) is 9.23. The van der Waals surface area contributed by atoms with Gasteiger partial charge in [0.25, 0.3) is 5.91 Å². The van der Waals surface area contributed by atoms with E-state index in [4.69, 9.17) is 5.10 Å². The zero-order valence-corrected chi connectivity index (χ0v) is 30.5. The van der Waals surface area contributed by atoms with Crippen molar-refractivity contribution in [3.8, 4) is 0 Å². The first-order chi connectivity index (χ1) is 26.6. The molecule has 0 bridgehead atoms. The molecule has 0 radical (unpaired) electrons. The number of rotatable bonds is 8. The van der Waals surface area contributed by atoms with Gasteiger partial charge in [0.15, 0.2) is 0 Å². The van der Waals surface area contributed by atoms with Gasteiger partial charge >= 0.3 is 0 Å². The van der Waals surface area contributed by atoms with Crippen LogP contribution in [0.3, 0.4) is 0 Å². The summed E-state index contributed by atoms with van der Waals surface area (Å²) in [5, 5.41) is 15.0. The summed E-state index contributed by atoms with van der Waals surface area (Å²) in [6, 6.07) is 50.0. The number of carbonyl (C=O) groups excluding carboxylic acids is 2. The van der Waals surface area contributed by atoms with Crippen molar-refractivity contribution >= 4 is 23.7 Å². The van der Waals surface area contributed by atoms with Crippen LogP contribution in [0.2, 0.25) is 0 Å². The maximum absolute atomic E-state index is 14.9. The average Bonchev–Trinajstić information content (AvgIpc) is 3.92. The van der Waals surface area contributed by atoms with Crippen molar-refractivity contribution in [2.45, 2.75) is 68.2 Å². The molecule has 54 heavy (non-hydrogen) atoms. The number of anilines is 1. The van der Waals surface area contributed by atoms with Crippen molar-refractivity contribution in [3.05, 3.63) is 173 Å². The normalized spacial score (nSPS) is 24.7. The third kappa shape index (κ3) is 5.87. The Balaban J connectivity index is 1.09. The molecule has 1 saturated heterocycles. The first-order valence-electron chi connectivity index (χ1n) is 19.6. The molecule has 7 nitrogen and oxygen atoms in total. The second-order valence-corrected chi connectivity index (χ2v) is 15.3. The van der Waals surface area contributed by atoms with Crippen molar-refractivity contribution in [1.29, 1.82) is 0 Å². The molecule has 5 aromatic rings. The van der Waals surface area contributed by atoms with E-state index in [1.807, 2.05) is 30.3 Å². The molecule has 1 unspecified atom stereocenters. The first kappa shape index (κ1) is 34.1. The summed E-state index contributed by atoms with van der Waals surface area (Å²) in [7, 11) is 0. The highest BCUT2D eigenvalue weighted by molar-refractivity contribution is 5.95. The monoisotopic (exact) mass is 713 g/mol. The third-order valence-corrected chi connectivity index (χ3v) is 12.4. The number of hydrazone groups is 1. The van der Waals surface area contributed by atoms with Crippen LogP contribution in [-0.2, 0) is 10.3 Å². The molecule has 2 N–H and O–H groups in total. The van der Waals surface area contributed by atoms with Crippen LogP contribution < -0.4 is 10.6 Å². The van der Waals surface area contributed by atoms with Gasteiger partial charge in [0.2, 0.25) is 5.91 Å². The molecule has 3 heterocycles. The van der Waals surface area contributed by atoms with Crippen LogP contribution in [0.25, 0.3) is 0 Å². The topological polar surface area (TPSA) is 77.0 Å². The van der Waals surface area contributed by atoms with Crippen LogP contribution in [-0.4, -0.2) is 52.6 Å². The van der Waals surface area contributed by atoms with Gasteiger partial charge in [0.05, 0.1) is 24.0 Å². The molecule has 0 spiro atoms. The van der Waals surface area contributed by atoms with Crippen molar-refractivity contribution in [2.75, 3.05) is 11.9 Å². The molecule has 3 aliphatic heterocycles. The summed E-state index contributed by atoms with van der Waals surface area (Å²) >= 11 is 0. The van der Waals surface area contributed by atoms with E-state index >= 15 is 0 Å². The van der Waals surface area contributed by atoms with E-state index in [0.29, 0.717) is 12.1 Å². The molecule has 2 fully saturated rings. The van der Waals surface area contributed by atoms with Gasteiger partial charge in [0, 0.05) is 42.4 Å². The van der Waals surface area contributed by atoms with Crippen LogP contribution in [0.5, 0.6) is 0 Å². The molecule has 2 amide bonds. The third-order valence-electron chi connectivity index (χ3n) is 12.4. The lowest BCUT2D eigenvalue weighted by Crippen LogP contribution is -2.57. The summed E-state index contributed by atoms with van der Waals surface area (Å²) in [5.74, 6) is -0.0208. The molecule has 4 aliphatic rings. The second-order valence-electron chi connectivity index (χ2n) is 15.3. The van der Waals surface area contributed by atoms with Gasteiger partial charge in [-0.05, 0) is 59.7 Å². The van der Waals surface area contributed by atoms with Crippen LogP contribution in [0.15, 0.2) is 151 Å². The zero-order valence-electron chi connectivity index (χ0n) is 30.5. The number of benzene rings is 5. The van der Waals surface area contributed by atoms with E-state index in [0.717, 1.165) is 60.9 Å². The number of hydrogen-bond donors (Lipinski definition) is 2. The van der Waals surface area contributed by atoms with Crippen molar-refractivity contribution in [3.63, 3.8) is 0 Å². The van der Waals surface area contributed by atoms with Crippen molar-refractivity contribution in [1.82, 2.24) is 15.2 Å². The Morgan fingerprint density at radius 2 is 1.26 bits per heavy atom. The van der Waals surface area contributed by atoms with Crippen LogP contribution in [0.1, 0.15) is 77.2 Å². The summed E-state index contributed by atoms with van der Waals surface area (Å²) < 4.78 is 0.